The Morgan fingerprint density at radius 3 is 2.27 bits per heavy atom. The van der Waals surface area contributed by atoms with Crippen LogP contribution in [0.4, 0.5) is 5.69 Å². The molecule has 2 nitrogen and oxygen atoms in total. The Bertz CT molecular complexity index is 324. The van der Waals surface area contributed by atoms with E-state index in [9.17, 15) is 4.79 Å². The molecule has 1 atom stereocenters. The van der Waals surface area contributed by atoms with Crippen LogP contribution in [0.2, 0.25) is 0 Å². The van der Waals surface area contributed by atoms with Gasteiger partial charge in [0.1, 0.15) is 0 Å². The summed E-state index contributed by atoms with van der Waals surface area (Å²) in [6.45, 7) is 3.99. The molecule has 0 bridgehead atoms. The van der Waals surface area contributed by atoms with E-state index in [1.807, 2.05) is 44.2 Å². The van der Waals surface area contributed by atoms with Gasteiger partial charge in [-0.1, -0.05) is 32.0 Å². The lowest BCUT2D eigenvalue weighted by Gasteiger charge is -2.22. The maximum atomic E-state index is 11.9. The molecule has 15 heavy (non-hydrogen) atoms. The highest BCUT2D eigenvalue weighted by Gasteiger charge is 2.21. The highest BCUT2D eigenvalue weighted by molar-refractivity contribution is 7.81. The summed E-state index contributed by atoms with van der Waals surface area (Å²) in [6.07, 6.45) is 0. The van der Waals surface area contributed by atoms with Crippen LogP contribution in [0.1, 0.15) is 13.8 Å². The number of rotatable bonds is 3. The molecule has 0 radical (unpaired) electrons. The van der Waals surface area contributed by atoms with Gasteiger partial charge in [-0.05, 0) is 18.1 Å². The van der Waals surface area contributed by atoms with Gasteiger partial charge in [0.25, 0.3) is 0 Å². The van der Waals surface area contributed by atoms with Gasteiger partial charge in [0.05, 0.1) is 5.25 Å². The Morgan fingerprint density at radius 2 is 1.80 bits per heavy atom. The molecule has 0 aliphatic carbocycles. The van der Waals surface area contributed by atoms with Gasteiger partial charge < -0.3 is 4.90 Å². The maximum Gasteiger partial charge on any atom is 0.239 e. The van der Waals surface area contributed by atoms with Gasteiger partial charge in [-0.2, -0.15) is 12.6 Å². The molecule has 1 unspecified atom stereocenters. The molecule has 1 aromatic carbocycles. The number of carbonyl (C=O) groups excluding carboxylic acids is 1. The smallest absolute Gasteiger partial charge is 0.239 e. The number of anilines is 1. The van der Waals surface area contributed by atoms with Gasteiger partial charge in [-0.3, -0.25) is 4.79 Å². The number of benzene rings is 1. The van der Waals surface area contributed by atoms with E-state index in [1.165, 1.54) is 0 Å². The van der Waals surface area contributed by atoms with E-state index in [2.05, 4.69) is 12.6 Å². The Hall–Kier alpha value is -0.960. The summed E-state index contributed by atoms with van der Waals surface area (Å²) in [7, 11) is 1.78. The molecular formula is C12H17NOS. The number of para-hydroxylation sites is 1. The molecular weight excluding hydrogens is 206 g/mol. The Morgan fingerprint density at radius 1 is 1.27 bits per heavy atom. The summed E-state index contributed by atoms with van der Waals surface area (Å²) < 4.78 is 0. The second kappa shape index (κ2) is 5.21. The minimum absolute atomic E-state index is 0.0412. The second-order valence-electron chi connectivity index (χ2n) is 3.92. The van der Waals surface area contributed by atoms with Crippen molar-refractivity contribution in [1.29, 1.82) is 0 Å². The van der Waals surface area contributed by atoms with Crippen molar-refractivity contribution in [3.63, 3.8) is 0 Å². The molecule has 82 valence electrons. The maximum absolute atomic E-state index is 11.9. The number of carbonyl (C=O) groups is 1. The first kappa shape index (κ1) is 12.1. The minimum Gasteiger partial charge on any atom is -0.315 e. The monoisotopic (exact) mass is 223 g/mol. The third-order valence-corrected chi connectivity index (χ3v) is 3.18. The zero-order valence-corrected chi connectivity index (χ0v) is 10.2. The predicted octanol–water partition coefficient (Wildman–Crippen LogP) is 2.60. The lowest BCUT2D eigenvalue weighted by Crippen LogP contribution is -2.36. The number of nitrogens with zero attached hydrogens (tertiary/aromatic N) is 1. The summed E-state index contributed by atoms with van der Waals surface area (Å²) in [5.74, 6) is 0.284. The van der Waals surface area contributed by atoms with E-state index in [4.69, 9.17) is 0 Å². The number of hydrogen-bond acceptors (Lipinski definition) is 2. The molecule has 0 fully saturated rings. The zero-order valence-electron chi connectivity index (χ0n) is 9.34. The van der Waals surface area contributed by atoms with Crippen LogP contribution < -0.4 is 4.90 Å². The van der Waals surface area contributed by atoms with Crippen molar-refractivity contribution in [3.8, 4) is 0 Å². The summed E-state index contributed by atoms with van der Waals surface area (Å²) in [6, 6.07) is 9.60. The van der Waals surface area contributed by atoms with E-state index in [1.54, 1.807) is 11.9 Å². The average Bonchev–Trinajstić information content (AvgIpc) is 2.27. The minimum atomic E-state index is -0.241. The topological polar surface area (TPSA) is 20.3 Å². The summed E-state index contributed by atoms with van der Waals surface area (Å²) in [4.78, 5) is 13.6. The normalized spacial score (nSPS) is 12.6. The molecule has 0 spiro atoms. The van der Waals surface area contributed by atoms with Crippen molar-refractivity contribution in [2.24, 2.45) is 5.92 Å². The number of amides is 1. The second-order valence-corrected chi connectivity index (χ2v) is 4.48. The van der Waals surface area contributed by atoms with E-state index in [0.29, 0.717) is 0 Å². The quantitative estimate of drug-likeness (QED) is 0.781. The van der Waals surface area contributed by atoms with Gasteiger partial charge in [0.2, 0.25) is 5.91 Å². The third-order valence-electron chi connectivity index (χ3n) is 2.36. The predicted molar refractivity (Wildman–Crippen MR) is 67.5 cm³/mol. The van der Waals surface area contributed by atoms with Crippen LogP contribution >= 0.6 is 12.6 Å². The molecule has 1 amide bonds. The fourth-order valence-electron chi connectivity index (χ4n) is 1.26. The highest BCUT2D eigenvalue weighted by Crippen LogP contribution is 2.17. The van der Waals surface area contributed by atoms with Crippen molar-refractivity contribution in [2.45, 2.75) is 19.1 Å². The van der Waals surface area contributed by atoms with Crippen LogP contribution in [0.3, 0.4) is 0 Å². The van der Waals surface area contributed by atoms with Gasteiger partial charge in [-0.15, -0.1) is 0 Å². The fraction of sp³-hybridized carbons (Fsp3) is 0.417. The van der Waals surface area contributed by atoms with E-state index >= 15 is 0 Å². The lowest BCUT2D eigenvalue weighted by molar-refractivity contribution is -0.118. The van der Waals surface area contributed by atoms with Gasteiger partial charge in [0.15, 0.2) is 0 Å². The third kappa shape index (κ3) is 2.99. The molecule has 0 saturated heterocycles. The van der Waals surface area contributed by atoms with Gasteiger partial charge >= 0.3 is 0 Å². The molecule has 0 aliphatic rings. The molecule has 3 heteroatoms. The Balaban J connectivity index is 2.78. The van der Waals surface area contributed by atoms with Crippen LogP contribution in [0.25, 0.3) is 0 Å². The molecule has 1 aromatic rings. The van der Waals surface area contributed by atoms with Gasteiger partial charge in [-0.25, -0.2) is 0 Å². The molecule has 0 aromatic heterocycles. The molecule has 0 heterocycles. The SMILES string of the molecule is CC(C)C(S)C(=O)N(C)c1ccccc1. The largest absolute Gasteiger partial charge is 0.315 e. The first-order valence-electron chi connectivity index (χ1n) is 5.04. The van der Waals surface area contributed by atoms with Crippen molar-refractivity contribution in [2.75, 3.05) is 11.9 Å². The Kier molecular flexibility index (Phi) is 4.21. The highest BCUT2D eigenvalue weighted by atomic mass is 32.1. The van der Waals surface area contributed by atoms with Crippen LogP contribution in [-0.2, 0) is 4.79 Å². The van der Waals surface area contributed by atoms with Crippen LogP contribution in [-0.4, -0.2) is 18.2 Å². The lowest BCUT2D eigenvalue weighted by atomic mass is 10.1. The molecule has 0 aliphatic heterocycles. The summed E-state index contributed by atoms with van der Waals surface area (Å²) in [5, 5.41) is -0.241. The van der Waals surface area contributed by atoms with Crippen LogP contribution in [0, 0.1) is 5.92 Å². The molecule has 0 saturated carbocycles. The first-order valence-corrected chi connectivity index (χ1v) is 5.56. The fourth-order valence-corrected chi connectivity index (χ4v) is 1.44. The standard InChI is InChI=1S/C12H17NOS/c1-9(2)11(15)12(14)13(3)10-7-5-4-6-8-10/h4-9,11,15H,1-3H3. The first-order chi connectivity index (χ1) is 7.04. The van der Waals surface area contributed by atoms with Crippen molar-refractivity contribution in [3.05, 3.63) is 30.3 Å². The van der Waals surface area contributed by atoms with E-state index < -0.39 is 0 Å². The molecule has 0 N–H and O–H groups in total. The Labute approximate surface area is 96.7 Å². The van der Waals surface area contributed by atoms with Crippen LogP contribution in [0.5, 0.6) is 0 Å². The van der Waals surface area contributed by atoms with Crippen molar-refractivity contribution >= 4 is 24.2 Å². The van der Waals surface area contributed by atoms with E-state index in [-0.39, 0.29) is 17.1 Å². The average molecular weight is 223 g/mol. The van der Waals surface area contributed by atoms with Crippen molar-refractivity contribution in [1.82, 2.24) is 0 Å². The summed E-state index contributed by atoms with van der Waals surface area (Å²) in [5.41, 5.74) is 0.905. The van der Waals surface area contributed by atoms with Crippen molar-refractivity contribution < 1.29 is 4.79 Å². The van der Waals surface area contributed by atoms with Crippen LogP contribution in [0.15, 0.2) is 30.3 Å². The molecule has 1 rings (SSSR count). The van der Waals surface area contributed by atoms with E-state index in [0.717, 1.165) is 5.69 Å². The zero-order chi connectivity index (χ0) is 11.4. The summed E-state index contributed by atoms with van der Waals surface area (Å²) >= 11 is 4.32. The number of hydrogen-bond donors (Lipinski definition) is 1. The number of thiol groups is 1. The van der Waals surface area contributed by atoms with Gasteiger partial charge in [0, 0.05) is 12.7 Å².